The van der Waals surface area contributed by atoms with Gasteiger partial charge in [-0.15, -0.1) is 0 Å². The Morgan fingerprint density at radius 2 is 0.560 bits per heavy atom. The largest absolute Gasteiger partial charge is 0.379 e. The first kappa shape index (κ1) is 24.8. The number of rotatable bonds is 16. The van der Waals surface area contributed by atoms with E-state index in [9.17, 15) is 0 Å². The van der Waals surface area contributed by atoms with Gasteiger partial charge >= 0.3 is 0 Å². The second-order valence-corrected chi connectivity index (χ2v) is 8.68. The standard InChI is InChI=1S/C20H42O5/c1-19(2,3)7-9-21-11-13-23-15-17-25-18-16-24-14-12-22-10-8-20(4,5)6/h7-18H2,1-6H3. The lowest BCUT2D eigenvalue weighted by atomic mass is 9.93. The van der Waals surface area contributed by atoms with E-state index >= 15 is 0 Å². The molecule has 0 spiro atoms. The summed E-state index contributed by atoms with van der Waals surface area (Å²) in [4.78, 5) is 0. The third kappa shape index (κ3) is 23.8. The predicted molar refractivity (Wildman–Crippen MR) is 102 cm³/mol. The Hall–Kier alpha value is -0.200. The summed E-state index contributed by atoms with van der Waals surface area (Å²) in [7, 11) is 0. The van der Waals surface area contributed by atoms with Gasteiger partial charge in [-0.05, 0) is 23.7 Å². The van der Waals surface area contributed by atoms with Crippen molar-refractivity contribution in [3.63, 3.8) is 0 Å². The molecule has 0 bridgehead atoms. The normalized spacial score (nSPS) is 12.7. The van der Waals surface area contributed by atoms with Gasteiger partial charge in [0.25, 0.3) is 0 Å². The van der Waals surface area contributed by atoms with E-state index in [0.29, 0.717) is 63.7 Å². The highest BCUT2D eigenvalue weighted by Crippen LogP contribution is 2.18. The molecule has 25 heavy (non-hydrogen) atoms. The third-order valence-electron chi connectivity index (χ3n) is 3.48. The first-order valence-corrected chi connectivity index (χ1v) is 9.59. The summed E-state index contributed by atoms with van der Waals surface area (Å²) in [6.07, 6.45) is 2.13. The van der Waals surface area contributed by atoms with Gasteiger partial charge in [0.15, 0.2) is 0 Å². The van der Waals surface area contributed by atoms with Gasteiger partial charge in [0.05, 0.1) is 52.9 Å². The van der Waals surface area contributed by atoms with E-state index in [1.807, 2.05) is 0 Å². The van der Waals surface area contributed by atoms with Crippen LogP contribution in [-0.2, 0) is 23.7 Å². The van der Waals surface area contributed by atoms with Crippen molar-refractivity contribution in [2.45, 2.75) is 54.4 Å². The van der Waals surface area contributed by atoms with Crippen LogP contribution in [0.2, 0.25) is 0 Å². The highest BCUT2D eigenvalue weighted by atomic mass is 16.6. The van der Waals surface area contributed by atoms with Gasteiger partial charge in [-0.3, -0.25) is 0 Å². The average Bonchev–Trinajstić information content (AvgIpc) is 2.48. The molecular weight excluding hydrogens is 320 g/mol. The highest BCUT2D eigenvalue weighted by Gasteiger charge is 2.09. The van der Waals surface area contributed by atoms with Crippen LogP contribution in [-0.4, -0.2) is 66.1 Å². The van der Waals surface area contributed by atoms with Crippen LogP contribution in [0.15, 0.2) is 0 Å². The van der Waals surface area contributed by atoms with Gasteiger partial charge in [0.1, 0.15) is 0 Å². The quantitative estimate of drug-likeness (QED) is 0.389. The Labute approximate surface area is 155 Å². The second kappa shape index (κ2) is 14.9. The smallest absolute Gasteiger partial charge is 0.0701 e. The fraction of sp³-hybridized carbons (Fsp3) is 1.00. The zero-order chi connectivity index (χ0) is 19.0. The van der Waals surface area contributed by atoms with Gasteiger partial charge in [-0.25, -0.2) is 0 Å². The lowest BCUT2D eigenvalue weighted by Crippen LogP contribution is -2.15. The third-order valence-corrected chi connectivity index (χ3v) is 3.48. The maximum atomic E-state index is 5.53. The Morgan fingerprint density at radius 3 is 0.760 bits per heavy atom. The Morgan fingerprint density at radius 1 is 0.360 bits per heavy atom. The summed E-state index contributed by atoms with van der Waals surface area (Å²) >= 11 is 0. The summed E-state index contributed by atoms with van der Waals surface area (Å²) in [5, 5.41) is 0. The Kier molecular flexibility index (Phi) is 14.8. The van der Waals surface area contributed by atoms with Gasteiger partial charge in [0, 0.05) is 13.2 Å². The molecule has 0 saturated carbocycles. The molecule has 0 amide bonds. The molecular formula is C20H42O5. The Balaban J connectivity index is 3.08. The maximum absolute atomic E-state index is 5.53. The molecule has 0 aliphatic heterocycles. The van der Waals surface area contributed by atoms with Gasteiger partial charge < -0.3 is 23.7 Å². The zero-order valence-electron chi connectivity index (χ0n) is 17.5. The molecule has 0 aromatic carbocycles. The van der Waals surface area contributed by atoms with E-state index in [1.54, 1.807) is 0 Å². The van der Waals surface area contributed by atoms with E-state index in [2.05, 4.69) is 41.5 Å². The lowest BCUT2D eigenvalue weighted by Gasteiger charge is -2.17. The van der Waals surface area contributed by atoms with Crippen molar-refractivity contribution in [2.24, 2.45) is 10.8 Å². The summed E-state index contributed by atoms with van der Waals surface area (Å²) in [5.74, 6) is 0. The fourth-order valence-corrected chi connectivity index (χ4v) is 1.74. The second-order valence-electron chi connectivity index (χ2n) is 8.68. The van der Waals surface area contributed by atoms with Crippen molar-refractivity contribution in [1.82, 2.24) is 0 Å². The van der Waals surface area contributed by atoms with Crippen molar-refractivity contribution in [2.75, 3.05) is 66.1 Å². The maximum Gasteiger partial charge on any atom is 0.0701 e. The van der Waals surface area contributed by atoms with Crippen molar-refractivity contribution >= 4 is 0 Å². The molecule has 0 aliphatic carbocycles. The van der Waals surface area contributed by atoms with Crippen LogP contribution < -0.4 is 0 Å². The summed E-state index contributed by atoms with van der Waals surface area (Å²) in [5.41, 5.74) is 0.657. The van der Waals surface area contributed by atoms with Gasteiger partial charge in [-0.1, -0.05) is 41.5 Å². The van der Waals surface area contributed by atoms with Crippen LogP contribution in [0.5, 0.6) is 0 Å². The van der Waals surface area contributed by atoms with Crippen LogP contribution in [0.25, 0.3) is 0 Å². The molecule has 0 saturated heterocycles. The van der Waals surface area contributed by atoms with Crippen LogP contribution >= 0.6 is 0 Å². The molecule has 0 unspecified atom stereocenters. The van der Waals surface area contributed by atoms with Crippen LogP contribution in [0.1, 0.15) is 54.4 Å². The highest BCUT2D eigenvalue weighted by molar-refractivity contribution is 4.60. The topological polar surface area (TPSA) is 46.2 Å². The van der Waals surface area contributed by atoms with Gasteiger partial charge in [-0.2, -0.15) is 0 Å². The summed E-state index contributed by atoms with van der Waals surface area (Å²) in [6, 6.07) is 0. The van der Waals surface area contributed by atoms with Crippen LogP contribution in [0.3, 0.4) is 0 Å². The molecule has 0 aromatic rings. The van der Waals surface area contributed by atoms with Crippen molar-refractivity contribution in [3.05, 3.63) is 0 Å². The lowest BCUT2D eigenvalue weighted by molar-refractivity contribution is -0.0135. The van der Waals surface area contributed by atoms with Gasteiger partial charge in [0.2, 0.25) is 0 Å². The molecule has 5 nitrogen and oxygen atoms in total. The molecule has 0 radical (unpaired) electrons. The van der Waals surface area contributed by atoms with E-state index < -0.39 is 0 Å². The number of ether oxygens (including phenoxy) is 5. The molecule has 0 fully saturated rings. The van der Waals surface area contributed by atoms with E-state index in [4.69, 9.17) is 23.7 Å². The van der Waals surface area contributed by atoms with E-state index in [1.165, 1.54) is 0 Å². The summed E-state index contributed by atoms with van der Waals surface area (Å²) < 4.78 is 27.4. The number of hydrogen-bond donors (Lipinski definition) is 0. The Bertz CT molecular complexity index is 253. The molecule has 0 rings (SSSR count). The molecule has 0 heterocycles. The average molecular weight is 363 g/mol. The summed E-state index contributed by atoms with van der Waals surface area (Å²) in [6.45, 7) is 19.8. The van der Waals surface area contributed by atoms with Crippen LogP contribution in [0.4, 0.5) is 0 Å². The monoisotopic (exact) mass is 362 g/mol. The molecule has 5 heteroatoms. The SMILES string of the molecule is CC(C)(C)CCOCCOCCOCCOCCOCCC(C)(C)C. The minimum absolute atomic E-state index is 0.329. The molecule has 0 atom stereocenters. The number of hydrogen-bond acceptors (Lipinski definition) is 5. The van der Waals surface area contributed by atoms with Crippen LogP contribution in [0, 0.1) is 10.8 Å². The first-order chi connectivity index (χ1) is 11.7. The predicted octanol–water partition coefficient (Wildman–Crippen LogP) is 3.94. The molecule has 0 N–H and O–H groups in total. The first-order valence-electron chi connectivity index (χ1n) is 9.59. The zero-order valence-corrected chi connectivity index (χ0v) is 17.5. The van der Waals surface area contributed by atoms with E-state index in [0.717, 1.165) is 26.1 Å². The van der Waals surface area contributed by atoms with E-state index in [-0.39, 0.29) is 0 Å². The minimum Gasteiger partial charge on any atom is -0.379 e. The van der Waals surface area contributed by atoms with Crippen molar-refractivity contribution < 1.29 is 23.7 Å². The molecule has 0 aliphatic rings. The molecule has 152 valence electrons. The van der Waals surface area contributed by atoms with Crippen molar-refractivity contribution in [3.8, 4) is 0 Å². The van der Waals surface area contributed by atoms with Crippen molar-refractivity contribution in [1.29, 1.82) is 0 Å². The minimum atomic E-state index is 0.329. The molecule has 0 aromatic heterocycles. The fourth-order valence-electron chi connectivity index (χ4n) is 1.74.